The molecule has 2 heteroatoms. The van der Waals surface area contributed by atoms with Crippen molar-refractivity contribution in [3.05, 3.63) is 370 Å². The Hall–Kier alpha value is -13.1. The zero-order valence-electron chi connectivity index (χ0n) is 55.6. The number of fused-ring (bicyclic) bond motifs is 16. The van der Waals surface area contributed by atoms with Gasteiger partial charge >= 0.3 is 0 Å². The van der Waals surface area contributed by atoms with Gasteiger partial charge in [-0.05, 0) is 214 Å². The van der Waals surface area contributed by atoms with Crippen molar-refractivity contribution in [1.82, 2.24) is 9.13 Å². The highest BCUT2D eigenvalue weighted by Crippen LogP contribution is 2.50. The van der Waals surface area contributed by atoms with Gasteiger partial charge in [0.25, 0.3) is 0 Å². The topological polar surface area (TPSA) is 9.86 Å². The third-order valence-corrected chi connectivity index (χ3v) is 21.5. The fraction of sp³-hybridized carbons (Fsp3) is 0.0101. The molecule has 21 rings (SSSR count). The average Bonchev–Trinajstić information content (AvgIpc) is 1.44. The average molecular weight is 1280 g/mol. The Balaban J connectivity index is 0.000000136. The van der Waals surface area contributed by atoms with Crippen LogP contribution in [0.15, 0.2) is 370 Å². The summed E-state index contributed by atoms with van der Waals surface area (Å²) in [6.45, 7) is 0. The zero-order valence-corrected chi connectivity index (χ0v) is 55.6. The number of benzene rings is 19. The van der Waals surface area contributed by atoms with Gasteiger partial charge in [0.1, 0.15) is 0 Å². The van der Waals surface area contributed by atoms with Crippen LogP contribution >= 0.6 is 0 Å². The molecule has 2 nitrogen and oxygen atoms in total. The summed E-state index contributed by atoms with van der Waals surface area (Å²) in [7, 11) is 2.17. The van der Waals surface area contributed by atoms with Crippen molar-refractivity contribution in [2.24, 2.45) is 7.05 Å². The second-order valence-electron chi connectivity index (χ2n) is 27.0. The number of hydrogen-bond donors (Lipinski definition) is 0. The fourth-order valence-electron chi connectivity index (χ4n) is 16.9. The quantitative estimate of drug-likeness (QED) is 0.111. The zero-order chi connectivity index (χ0) is 66.7. The van der Waals surface area contributed by atoms with E-state index in [2.05, 4.69) is 386 Å². The molecule has 470 valence electrons. The van der Waals surface area contributed by atoms with Crippen LogP contribution in [0.3, 0.4) is 0 Å². The smallest absolute Gasteiger partial charge is 0.0541 e. The first-order valence-electron chi connectivity index (χ1n) is 35.0. The van der Waals surface area contributed by atoms with E-state index in [9.17, 15) is 0 Å². The lowest BCUT2D eigenvalue weighted by Gasteiger charge is -2.20. The van der Waals surface area contributed by atoms with Gasteiger partial charge in [-0.25, -0.2) is 0 Å². The minimum absolute atomic E-state index is 1.17. The minimum Gasteiger partial charge on any atom is -0.344 e. The maximum Gasteiger partial charge on any atom is 0.0541 e. The maximum atomic E-state index is 2.43. The SMILES string of the molecule is Cn1c2ccccc2c2cc(-c3c4ccccc4c(-c4cccc(-c5ccc6ccccc6c5)c4)c4ccc5ccccc5c34)ccc21.c1ccc(-n2c3ccccc3c3cc(-c4c5ccccc5c(-c5ccc(-c6cccc7ccccc67)cc5)c5ccc6ccccc6c45)ccc32)cc1. The second kappa shape index (κ2) is 23.6. The van der Waals surface area contributed by atoms with Crippen LogP contribution in [0, 0.1) is 0 Å². The highest BCUT2D eigenvalue weighted by molar-refractivity contribution is 6.30. The van der Waals surface area contributed by atoms with Gasteiger partial charge in [0, 0.05) is 45.3 Å². The Bertz CT molecular complexity index is 6940. The van der Waals surface area contributed by atoms with E-state index < -0.39 is 0 Å². The summed E-state index contributed by atoms with van der Waals surface area (Å²) in [6, 6.07) is 136. The Morgan fingerprint density at radius 2 is 0.554 bits per heavy atom. The lowest BCUT2D eigenvalue weighted by atomic mass is 9.83. The number of nitrogens with zero attached hydrogens (tertiary/aromatic N) is 2. The van der Waals surface area contributed by atoms with E-state index >= 15 is 0 Å². The van der Waals surface area contributed by atoms with Gasteiger partial charge in [-0.15, -0.1) is 0 Å². The van der Waals surface area contributed by atoms with Crippen LogP contribution < -0.4 is 0 Å². The van der Waals surface area contributed by atoms with Crippen molar-refractivity contribution >= 4 is 130 Å². The molecule has 0 bridgehead atoms. The van der Waals surface area contributed by atoms with Gasteiger partial charge in [0.15, 0.2) is 0 Å². The molecule has 21 aromatic rings. The van der Waals surface area contributed by atoms with E-state index in [1.807, 2.05) is 0 Å². The van der Waals surface area contributed by atoms with E-state index in [0.717, 1.165) is 0 Å². The minimum atomic E-state index is 1.17. The van der Waals surface area contributed by atoms with Crippen LogP contribution in [-0.4, -0.2) is 9.13 Å². The number of aryl methyl sites for hydroxylation is 1. The Kier molecular flexibility index (Phi) is 13.5. The molecule has 2 heterocycles. The van der Waals surface area contributed by atoms with Crippen molar-refractivity contribution in [2.75, 3.05) is 0 Å². The number of hydrogen-bond acceptors (Lipinski definition) is 0. The number of rotatable bonds is 7. The summed E-state index contributed by atoms with van der Waals surface area (Å²) in [4.78, 5) is 0. The van der Waals surface area contributed by atoms with Crippen molar-refractivity contribution < 1.29 is 0 Å². The van der Waals surface area contributed by atoms with Gasteiger partial charge in [-0.3, -0.25) is 0 Å². The molecule has 2 aromatic heterocycles. The van der Waals surface area contributed by atoms with Crippen LogP contribution in [0.2, 0.25) is 0 Å². The van der Waals surface area contributed by atoms with E-state index in [0.29, 0.717) is 0 Å². The van der Waals surface area contributed by atoms with Crippen LogP contribution in [-0.2, 0) is 7.05 Å². The van der Waals surface area contributed by atoms with Crippen LogP contribution in [0.25, 0.3) is 202 Å². The molecule has 0 atom stereocenters. The molecule has 0 aliphatic rings. The molecule has 0 saturated carbocycles. The van der Waals surface area contributed by atoms with Gasteiger partial charge in [0.05, 0.1) is 11.0 Å². The molecule has 0 saturated heterocycles. The largest absolute Gasteiger partial charge is 0.344 e. The molecule has 0 amide bonds. The Morgan fingerprint density at radius 3 is 1.19 bits per heavy atom. The summed E-state index contributed by atoms with van der Waals surface area (Å²) in [5.74, 6) is 0. The van der Waals surface area contributed by atoms with Crippen molar-refractivity contribution in [2.45, 2.75) is 0 Å². The van der Waals surface area contributed by atoms with Gasteiger partial charge in [-0.2, -0.15) is 0 Å². The van der Waals surface area contributed by atoms with Crippen LogP contribution in [0.5, 0.6) is 0 Å². The molecule has 0 spiro atoms. The third-order valence-electron chi connectivity index (χ3n) is 21.5. The monoisotopic (exact) mass is 1280 g/mol. The third kappa shape index (κ3) is 9.41. The van der Waals surface area contributed by atoms with Gasteiger partial charge in [0.2, 0.25) is 0 Å². The Morgan fingerprint density at radius 1 is 0.178 bits per heavy atom. The molecule has 0 fully saturated rings. The van der Waals surface area contributed by atoms with Crippen molar-refractivity contribution in [3.63, 3.8) is 0 Å². The number of aromatic nitrogens is 2. The summed E-state index contributed by atoms with van der Waals surface area (Å²) >= 11 is 0. The predicted octanol–water partition coefficient (Wildman–Crippen LogP) is 27.3. The predicted molar refractivity (Wildman–Crippen MR) is 434 cm³/mol. The first-order chi connectivity index (χ1) is 50.0. The fourth-order valence-corrected chi connectivity index (χ4v) is 16.9. The molecule has 0 aliphatic heterocycles. The maximum absolute atomic E-state index is 2.43. The molecule has 0 aliphatic carbocycles. The normalized spacial score (nSPS) is 11.8. The van der Waals surface area contributed by atoms with Gasteiger partial charge in [-0.1, -0.05) is 309 Å². The molecule has 0 unspecified atom stereocenters. The second-order valence-corrected chi connectivity index (χ2v) is 27.0. The summed E-state index contributed by atoms with van der Waals surface area (Å²) in [5.41, 5.74) is 21.1. The number of para-hydroxylation sites is 3. The van der Waals surface area contributed by atoms with Crippen LogP contribution in [0.1, 0.15) is 0 Å². The van der Waals surface area contributed by atoms with Crippen molar-refractivity contribution in [1.29, 1.82) is 0 Å². The van der Waals surface area contributed by atoms with Crippen molar-refractivity contribution in [3.8, 4) is 72.4 Å². The van der Waals surface area contributed by atoms with E-state index in [4.69, 9.17) is 0 Å². The van der Waals surface area contributed by atoms with Gasteiger partial charge < -0.3 is 9.13 Å². The Labute approximate surface area is 584 Å². The lowest BCUT2D eigenvalue weighted by Crippen LogP contribution is -1.94. The molecular formula is C99H64N2. The summed E-state index contributed by atoms with van der Waals surface area (Å²) < 4.78 is 4.71. The van der Waals surface area contributed by atoms with Crippen LogP contribution in [0.4, 0.5) is 0 Å². The standard InChI is InChI=1S/C52H33N.C47H31N/c1-2-16-39(17-3-1)53-48-24-11-10-20-43(48)47-33-38(30-32-49(47)53)51-45-22-9-8-21-44(45)50(46-31-29-35-14-5-7-19-42(35)52(46)51)37-27-25-36(26-28-37)41-23-12-15-34-13-4-6-18-40(34)41;1-48-43-20-9-8-17-38(43)42-29-36(24-26-44(42)48)46-40-19-7-6-18-39(40)45(41-25-23-31-12-4-5-16-37(31)47(41)46)35-15-10-14-33(28-35)34-22-21-30-11-2-3-13-32(30)27-34/h1-33H;2-29H,1H3. The van der Waals surface area contributed by atoms with E-state index in [1.54, 1.807) is 0 Å². The molecular weight excluding hydrogens is 1220 g/mol. The summed E-state index contributed by atoms with van der Waals surface area (Å²) in [5, 5.41) is 25.4. The lowest BCUT2D eigenvalue weighted by molar-refractivity contribution is 1.01. The highest BCUT2D eigenvalue weighted by Gasteiger charge is 2.24. The first-order valence-corrected chi connectivity index (χ1v) is 35.0. The first kappa shape index (κ1) is 58.0. The highest BCUT2D eigenvalue weighted by atomic mass is 15.0. The molecule has 19 aromatic carbocycles. The summed E-state index contributed by atoms with van der Waals surface area (Å²) in [6.07, 6.45) is 0. The molecule has 101 heavy (non-hydrogen) atoms. The molecule has 0 radical (unpaired) electrons. The molecule has 0 N–H and O–H groups in total. The van der Waals surface area contributed by atoms with E-state index in [1.165, 1.54) is 202 Å². The van der Waals surface area contributed by atoms with E-state index in [-0.39, 0.29) is 0 Å².